The summed E-state index contributed by atoms with van der Waals surface area (Å²) in [7, 11) is 0. The smallest absolute Gasteiger partial charge is 0.306 e. The van der Waals surface area contributed by atoms with Crippen molar-refractivity contribution in [2.24, 2.45) is 22.4 Å². The molecule has 0 amide bonds. The van der Waals surface area contributed by atoms with Gasteiger partial charge in [0.05, 0.1) is 5.92 Å². The van der Waals surface area contributed by atoms with Crippen molar-refractivity contribution in [2.45, 2.75) is 19.3 Å². The van der Waals surface area contributed by atoms with Gasteiger partial charge in [-0.25, -0.2) is 0 Å². The molecule has 0 aliphatic heterocycles. The molecule has 7 nitrogen and oxygen atoms in total. The fourth-order valence-corrected chi connectivity index (χ4v) is 1.04. The Morgan fingerprint density at radius 1 is 1.20 bits per heavy atom. The number of carbonyl (C=O) groups is 2. The van der Waals surface area contributed by atoms with Crippen LogP contribution in [0, 0.1) is 5.92 Å². The number of rotatable bonds is 7. The van der Waals surface area contributed by atoms with Gasteiger partial charge in [0.1, 0.15) is 0 Å². The minimum atomic E-state index is -1.03. The van der Waals surface area contributed by atoms with E-state index < -0.39 is 17.9 Å². The number of hydrogen-bond donors (Lipinski definition) is 4. The minimum Gasteiger partial charge on any atom is -0.481 e. The monoisotopic (exact) mass is 217 g/mol. The van der Waals surface area contributed by atoms with Crippen molar-refractivity contribution in [3.63, 3.8) is 0 Å². The van der Waals surface area contributed by atoms with Gasteiger partial charge in [-0.05, 0) is 12.8 Å². The Morgan fingerprint density at radius 3 is 2.20 bits per heavy atom. The summed E-state index contributed by atoms with van der Waals surface area (Å²) in [5.74, 6) is -2.85. The van der Waals surface area contributed by atoms with Gasteiger partial charge >= 0.3 is 11.9 Å². The largest absolute Gasteiger partial charge is 0.481 e. The van der Waals surface area contributed by atoms with E-state index in [1.54, 1.807) is 0 Å². The summed E-state index contributed by atoms with van der Waals surface area (Å²) in [6.07, 6.45) is 0.157. The molecule has 0 aromatic carbocycles. The second kappa shape index (κ2) is 6.63. The van der Waals surface area contributed by atoms with E-state index in [9.17, 15) is 9.59 Å². The van der Waals surface area contributed by atoms with Crippen molar-refractivity contribution in [2.75, 3.05) is 6.54 Å². The molecule has 0 aliphatic rings. The van der Waals surface area contributed by atoms with Crippen LogP contribution in [-0.2, 0) is 9.59 Å². The van der Waals surface area contributed by atoms with Gasteiger partial charge in [-0.2, -0.15) is 0 Å². The van der Waals surface area contributed by atoms with E-state index in [0.29, 0.717) is 0 Å². The molecule has 0 fully saturated rings. The molecule has 0 aliphatic carbocycles. The molecule has 0 aromatic heterocycles. The second-order valence-electron chi connectivity index (χ2n) is 3.06. The summed E-state index contributed by atoms with van der Waals surface area (Å²) >= 11 is 0. The van der Waals surface area contributed by atoms with Crippen molar-refractivity contribution in [1.29, 1.82) is 0 Å². The van der Waals surface area contributed by atoms with E-state index in [4.69, 9.17) is 21.7 Å². The highest BCUT2D eigenvalue weighted by atomic mass is 16.4. The van der Waals surface area contributed by atoms with Crippen LogP contribution in [0.15, 0.2) is 4.99 Å². The Labute approximate surface area is 86.8 Å². The first-order chi connectivity index (χ1) is 6.93. The molecule has 0 rings (SSSR count). The number of aliphatic imine (C=N–C) groups is 1. The van der Waals surface area contributed by atoms with Crippen molar-refractivity contribution >= 4 is 17.9 Å². The molecule has 0 saturated heterocycles. The molecule has 0 aromatic rings. The molecule has 0 heterocycles. The molecule has 6 N–H and O–H groups in total. The Balaban J connectivity index is 4.00. The first-order valence-electron chi connectivity index (χ1n) is 4.43. The number of carboxylic acid groups (broad SMARTS) is 2. The van der Waals surface area contributed by atoms with Crippen LogP contribution in [0.5, 0.6) is 0 Å². The first-order valence-corrected chi connectivity index (χ1v) is 4.43. The number of carboxylic acids is 2. The lowest BCUT2D eigenvalue weighted by Crippen LogP contribution is -2.24. The third-order valence-electron chi connectivity index (χ3n) is 1.83. The van der Waals surface area contributed by atoms with Crippen LogP contribution in [0.1, 0.15) is 19.3 Å². The van der Waals surface area contributed by atoms with Crippen LogP contribution in [0.4, 0.5) is 0 Å². The maximum absolute atomic E-state index is 10.7. The van der Waals surface area contributed by atoms with Gasteiger partial charge in [-0.1, -0.05) is 0 Å². The van der Waals surface area contributed by atoms with Gasteiger partial charge in [-0.3, -0.25) is 14.6 Å². The SMILES string of the molecule is NC(N)=NCCC(CCC(=O)O)C(=O)O. The highest BCUT2D eigenvalue weighted by molar-refractivity contribution is 5.75. The lowest BCUT2D eigenvalue weighted by atomic mass is 10.00. The highest BCUT2D eigenvalue weighted by Gasteiger charge is 2.17. The Hall–Kier alpha value is -1.79. The topological polar surface area (TPSA) is 139 Å². The molecule has 7 heteroatoms. The molecule has 0 saturated carbocycles. The van der Waals surface area contributed by atoms with E-state index in [0.717, 1.165) is 0 Å². The fourth-order valence-electron chi connectivity index (χ4n) is 1.04. The van der Waals surface area contributed by atoms with Crippen LogP contribution in [0.3, 0.4) is 0 Å². The summed E-state index contributed by atoms with van der Waals surface area (Å²) in [4.78, 5) is 24.6. The quantitative estimate of drug-likeness (QED) is 0.325. The Morgan fingerprint density at radius 2 is 1.80 bits per heavy atom. The van der Waals surface area contributed by atoms with Crippen LogP contribution >= 0.6 is 0 Å². The third kappa shape index (κ3) is 7.29. The van der Waals surface area contributed by atoms with Crippen molar-refractivity contribution in [3.8, 4) is 0 Å². The second-order valence-corrected chi connectivity index (χ2v) is 3.06. The van der Waals surface area contributed by atoms with Crippen LogP contribution in [-0.4, -0.2) is 34.7 Å². The van der Waals surface area contributed by atoms with Gasteiger partial charge in [0.25, 0.3) is 0 Å². The third-order valence-corrected chi connectivity index (χ3v) is 1.83. The summed E-state index contributed by atoms with van der Waals surface area (Å²) in [5.41, 5.74) is 10.1. The molecule has 15 heavy (non-hydrogen) atoms. The van der Waals surface area contributed by atoms with E-state index in [1.807, 2.05) is 0 Å². The summed E-state index contributed by atoms with van der Waals surface area (Å²) < 4.78 is 0. The normalized spacial score (nSPS) is 11.7. The number of guanidine groups is 1. The lowest BCUT2D eigenvalue weighted by molar-refractivity contribution is -0.143. The van der Waals surface area contributed by atoms with E-state index >= 15 is 0 Å². The van der Waals surface area contributed by atoms with Crippen molar-refractivity contribution in [1.82, 2.24) is 0 Å². The van der Waals surface area contributed by atoms with Crippen molar-refractivity contribution in [3.05, 3.63) is 0 Å². The zero-order chi connectivity index (χ0) is 11.8. The maximum atomic E-state index is 10.7. The fraction of sp³-hybridized carbons (Fsp3) is 0.625. The molecule has 1 atom stereocenters. The van der Waals surface area contributed by atoms with Crippen LogP contribution in [0.25, 0.3) is 0 Å². The zero-order valence-corrected chi connectivity index (χ0v) is 8.22. The molecule has 0 bridgehead atoms. The van der Waals surface area contributed by atoms with Gasteiger partial charge in [0.2, 0.25) is 0 Å². The molecular weight excluding hydrogens is 202 g/mol. The molecular formula is C8H15N3O4. The number of nitrogens with two attached hydrogens (primary N) is 2. The van der Waals surface area contributed by atoms with E-state index in [2.05, 4.69) is 4.99 Å². The van der Waals surface area contributed by atoms with E-state index in [-0.39, 0.29) is 31.8 Å². The van der Waals surface area contributed by atoms with Crippen molar-refractivity contribution < 1.29 is 19.8 Å². The summed E-state index contributed by atoms with van der Waals surface area (Å²) in [5, 5.41) is 17.1. The zero-order valence-electron chi connectivity index (χ0n) is 8.22. The Bertz CT molecular complexity index is 261. The minimum absolute atomic E-state index is 0.0880. The lowest BCUT2D eigenvalue weighted by Gasteiger charge is -2.08. The first kappa shape index (κ1) is 13.2. The number of aliphatic carboxylic acids is 2. The maximum Gasteiger partial charge on any atom is 0.306 e. The Kier molecular flexibility index (Phi) is 5.84. The van der Waals surface area contributed by atoms with Gasteiger partial charge in [-0.15, -0.1) is 0 Å². The standard InChI is InChI=1S/C8H15N3O4/c9-8(10)11-4-3-5(7(14)15)1-2-6(12)13/h5H,1-4H2,(H,12,13)(H,14,15)(H4,9,10,11). The van der Waals surface area contributed by atoms with Gasteiger partial charge in [0, 0.05) is 13.0 Å². The molecule has 0 radical (unpaired) electrons. The molecule has 0 spiro atoms. The number of nitrogens with zero attached hydrogens (tertiary/aromatic N) is 1. The van der Waals surface area contributed by atoms with Gasteiger partial charge in [0.15, 0.2) is 5.96 Å². The number of hydrogen-bond acceptors (Lipinski definition) is 3. The van der Waals surface area contributed by atoms with E-state index in [1.165, 1.54) is 0 Å². The highest BCUT2D eigenvalue weighted by Crippen LogP contribution is 2.11. The van der Waals surface area contributed by atoms with Crippen LogP contribution < -0.4 is 11.5 Å². The molecule has 86 valence electrons. The predicted molar refractivity (Wildman–Crippen MR) is 53.3 cm³/mol. The summed E-state index contributed by atoms with van der Waals surface area (Å²) in [6, 6.07) is 0. The summed E-state index contributed by atoms with van der Waals surface area (Å²) in [6.45, 7) is 0.193. The predicted octanol–water partition coefficient (Wildman–Crippen LogP) is -0.784. The van der Waals surface area contributed by atoms with Crippen LogP contribution in [0.2, 0.25) is 0 Å². The van der Waals surface area contributed by atoms with Gasteiger partial charge < -0.3 is 21.7 Å². The average Bonchev–Trinajstić information content (AvgIpc) is 2.09. The molecule has 1 unspecified atom stereocenters. The average molecular weight is 217 g/mol.